The fourth-order valence-corrected chi connectivity index (χ4v) is 3.13. The first-order valence-electron chi connectivity index (χ1n) is 10.2. The van der Waals surface area contributed by atoms with Crippen LogP contribution >= 0.6 is 0 Å². The third-order valence-corrected chi connectivity index (χ3v) is 4.86. The van der Waals surface area contributed by atoms with Crippen molar-refractivity contribution in [1.29, 1.82) is 5.26 Å². The Balaban J connectivity index is 1.62. The zero-order valence-corrected chi connectivity index (χ0v) is 18.0. The van der Waals surface area contributed by atoms with Crippen LogP contribution in [-0.4, -0.2) is 20.9 Å². The van der Waals surface area contributed by atoms with Gasteiger partial charge in [-0.3, -0.25) is 14.6 Å². The molecule has 4 aromatic rings. The van der Waals surface area contributed by atoms with Gasteiger partial charge in [0.05, 0.1) is 11.4 Å². The first-order chi connectivity index (χ1) is 16.4. The van der Waals surface area contributed by atoms with Gasteiger partial charge in [-0.2, -0.15) is 10.4 Å². The average Bonchev–Trinajstić information content (AvgIpc) is 2.85. The van der Waals surface area contributed by atoms with Crippen molar-refractivity contribution in [1.82, 2.24) is 9.97 Å². The molecule has 34 heavy (non-hydrogen) atoms. The first-order valence-corrected chi connectivity index (χ1v) is 10.2. The molecule has 0 saturated carbocycles. The number of nitriles is 1. The van der Waals surface area contributed by atoms with E-state index in [1.165, 1.54) is 19.1 Å². The molecule has 4 rings (SSSR count). The molecule has 0 amide bonds. The summed E-state index contributed by atoms with van der Waals surface area (Å²) in [4.78, 5) is 30.8. The Morgan fingerprint density at radius 3 is 2.47 bits per heavy atom. The summed E-state index contributed by atoms with van der Waals surface area (Å²) in [5.41, 5.74) is 1.94. The third-order valence-electron chi connectivity index (χ3n) is 4.86. The fourth-order valence-electron chi connectivity index (χ4n) is 3.13. The van der Waals surface area contributed by atoms with Crippen LogP contribution in [0.25, 0.3) is 11.3 Å². The number of aromatic nitrogens is 2. The van der Waals surface area contributed by atoms with Crippen LogP contribution in [0.5, 0.6) is 5.75 Å². The lowest BCUT2D eigenvalue weighted by Gasteiger charge is -2.09. The van der Waals surface area contributed by atoms with E-state index >= 15 is 0 Å². The number of carbonyl (C=O) groups excluding carboxylic acids is 1. The van der Waals surface area contributed by atoms with Crippen LogP contribution in [0.15, 0.2) is 87.8 Å². The van der Waals surface area contributed by atoms with Crippen LogP contribution in [0.4, 0.5) is 23.0 Å². The maximum atomic E-state index is 12.4. The van der Waals surface area contributed by atoms with E-state index in [1.807, 2.05) is 12.1 Å². The van der Waals surface area contributed by atoms with Gasteiger partial charge in [0, 0.05) is 16.8 Å². The van der Waals surface area contributed by atoms with Crippen LogP contribution < -0.4 is 10.9 Å². The molecule has 1 heterocycles. The largest absolute Gasteiger partial charge is 0.506 e. The van der Waals surface area contributed by atoms with Gasteiger partial charge in [0.25, 0.3) is 5.56 Å². The Bertz CT molecular complexity index is 1490. The smallest absolute Gasteiger partial charge is 0.270 e. The molecule has 3 N–H and O–H groups in total. The van der Waals surface area contributed by atoms with E-state index in [2.05, 4.69) is 25.5 Å². The number of phenols is 1. The van der Waals surface area contributed by atoms with E-state index in [0.717, 1.165) is 0 Å². The molecule has 0 bridgehead atoms. The van der Waals surface area contributed by atoms with Crippen LogP contribution in [-0.2, 0) is 0 Å². The van der Waals surface area contributed by atoms with Crippen LogP contribution in [0.2, 0.25) is 0 Å². The highest BCUT2D eigenvalue weighted by molar-refractivity contribution is 5.94. The van der Waals surface area contributed by atoms with Crippen LogP contribution in [0, 0.1) is 11.3 Å². The second-order valence-electron chi connectivity index (χ2n) is 7.25. The average molecular weight is 450 g/mol. The maximum Gasteiger partial charge on any atom is 0.270 e. The highest BCUT2D eigenvalue weighted by Crippen LogP contribution is 2.32. The van der Waals surface area contributed by atoms with Gasteiger partial charge >= 0.3 is 0 Å². The molecule has 0 aliphatic carbocycles. The molecule has 1 aromatic heterocycles. The van der Waals surface area contributed by atoms with Gasteiger partial charge in [-0.25, -0.2) is 4.98 Å². The van der Waals surface area contributed by atoms with E-state index in [9.17, 15) is 20.0 Å². The first kappa shape index (κ1) is 22.1. The number of carbonyl (C=O) groups is 1. The lowest BCUT2D eigenvalue weighted by Crippen LogP contribution is -2.16. The third kappa shape index (κ3) is 4.87. The molecular formula is C25H18N6O3. The number of hydrogen-bond acceptors (Lipinski definition) is 8. The molecule has 0 fully saturated rings. The molecule has 0 atom stereocenters. The summed E-state index contributed by atoms with van der Waals surface area (Å²) < 4.78 is 0. The number of H-pyrrole nitrogens is 1. The number of nitrogens with one attached hydrogen (secondary N) is 2. The van der Waals surface area contributed by atoms with Gasteiger partial charge < -0.3 is 10.4 Å². The van der Waals surface area contributed by atoms with Crippen molar-refractivity contribution in [2.45, 2.75) is 6.92 Å². The van der Waals surface area contributed by atoms with Gasteiger partial charge in [0.1, 0.15) is 23.1 Å². The molecule has 0 aliphatic heterocycles. The van der Waals surface area contributed by atoms with Gasteiger partial charge in [0.15, 0.2) is 5.78 Å². The van der Waals surface area contributed by atoms with Gasteiger partial charge in [-0.1, -0.05) is 30.3 Å². The topological polar surface area (TPSA) is 144 Å². The summed E-state index contributed by atoms with van der Waals surface area (Å²) in [5.74, 6) is -0.0260. The van der Waals surface area contributed by atoms with E-state index in [4.69, 9.17) is 0 Å². The van der Waals surface area contributed by atoms with E-state index < -0.39 is 5.56 Å². The maximum absolute atomic E-state index is 12.4. The Labute approximate surface area is 194 Å². The number of anilines is 2. The molecule has 9 nitrogen and oxygen atoms in total. The van der Waals surface area contributed by atoms with Crippen molar-refractivity contribution in [3.63, 3.8) is 0 Å². The Morgan fingerprint density at radius 2 is 1.79 bits per heavy atom. The monoisotopic (exact) mass is 450 g/mol. The lowest BCUT2D eigenvalue weighted by molar-refractivity contribution is 0.101. The van der Waals surface area contributed by atoms with E-state index in [-0.39, 0.29) is 34.4 Å². The van der Waals surface area contributed by atoms with E-state index in [0.29, 0.717) is 22.5 Å². The second kappa shape index (κ2) is 9.58. The van der Waals surface area contributed by atoms with E-state index in [1.54, 1.807) is 54.6 Å². The summed E-state index contributed by atoms with van der Waals surface area (Å²) >= 11 is 0. The summed E-state index contributed by atoms with van der Waals surface area (Å²) in [7, 11) is 0. The normalized spacial score (nSPS) is 10.7. The summed E-state index contributed by atoms with van der Waals surface area (Å²) in [6, 6.07) is 21.9. The van der Waals surface area contributed by atoms with Gasteiger partial charge in [-0.05, 0) is 49.4 Å². The molecule has 0 radical (unpaired) electrons. The number of aromatic hydroxyl groups is 1. The fraction of sp³-hybridized carbons (Fsp3) is 0.0400. The molecule has 3 aromatic carbocycles. The molecule has 0 spiro atoms. The minimum absolute atomic E-state index is 0.0511. The second-order valence-corrected chi connectivity index (χ2v) is 7.25. The summed E-state index contributed by atoms with van der Waals surface area (Å²) in [6.07, 6.45) is 0. The highest BCUT2D eigenvalue weighted by atomic mass is 16.3. The minimum Gasteiger partial charge on any atom is -0.506 e. The SMILES string of the molecule is CC(=O)c1ccc(N=Nc2cc(Nc3nc(-c4ccccc4)c(C#N)c(=O)[nH]3)ccc2O)cc1. The Morgan fingerprint density at radius 1 is 1.06 bits per heavy atom. The predicted molar refractivity (Wildman–Crippen MR) is 127 cm³/mol. The summed E-state index contributed by atoms with van der Waals surface area (Å²) in [5, 5.41) is 30.7. The van der Waals surface area contributed by atoms with Crippen molar-refractivity contribution in [3.05, 3.63) is 94.3 Å². The Kier molecular flexibility index (Phi) is 6.23. The number of aromatic amines is 1. The van der Waals surface area contributed by atoms with Crippen molar-refractivity contribution in [2.75, 3.05) is 5.32 Å². The lowest BCUT2D eigenvalue weighted by atomic mass is 10.1. The van der Waals surface area contributed by atoms with Gasteiger partial charge in [-0.15, -0.1) is 5.11 Å². The minimum atomic E-state index is -0.577. The number of Topliss-reactive ketones (excluding diaryl/α,β-unsaturated/α-hetero) is 1. The number of nitrogens with zero attached hydrogens (tertiary/aromatic N) is 4. The van der Waals surface area contributed by atoms with Crippen LogP contribution in [0.1, 0.15) is 22.8 Å². The number of azo groups is 1. The molecule has 166 valence electrons. The summed E-state index contributed by atoms with van der Waals surface area (Å²) in [6.45, 7) is 1.48. The number of hydrogen-bond donors (Lipinski definition) is 3. The number of rotatable bonds is 6. The molecule has 0 unspecified atom stereocenters. The Hall–Kier alpha value is -5.10. The number of benzene rings is 3. The van der Waals surface area contributed by atoms with Crippen molar-refractivity contribution >= 4 is 28.8 Å². The van der Waals surface area contributed by atoms with Gasteiger partial charge in [0.2, 0.25) is 5.95 Å². The standard InChI is InChI=1S/C25H18N6O3/c1-15(32)16-7-9-18(10-8-16)30-31-21-13-19(11-12-22(21)33)27-25-28-23(17-5-3-2-4-6-17)20(14-26)24(34)29-25/h2-13,33H,1H3,(H2,27,28,29,34). The highest BCUT2D eigenvalue weighted by Gasteiger charge is 2.13. The zero-order valence-electron chi connectivity index (χ0n) is 18.0. The predicted octanol–water partition coefficient (Wildman–Crippen LogP) is 5.38. The molecule has 9 heteroatoms. The number of ketones is 1. The quantitative estimate of drug-likeness (QED) is 0.204. The van der Waals surface area contributed by atoms with Crippen molar-refractivity contribution in [3.8, 4) is 23.1 Å². The van der Waals surface area contributed by atoms with Crippen molar-refractivity contribution < 1.29 is 9.90 Å². The molecule has 0 saturated heterocycles. The van der Waals surface area contributed by atoms with Crippen molar-refractivity contribution in [2.24, 2.45) is 10.2 Å². The molecule has 0 aliphatic rings. The molecular weight excluding hydrogens is 432 g/mol. The number of phenolic OH excluding ortho intramolecular Hbond substituents is 1. The van der Waals surface area contributed by atoms with Crippen LogP contribution in [0.3, 0.4) is 0 Å². The zero-order chi connectivity index (χ0) is 24.1.